The number of hydrogen-bond donors (Lipinski definition) is 2. The number of carbonyl (C=O) groups is 2. The Hall–Kier alpha value is -2.64. The van der Waals surface area contributed by atoms with Crippen LogP contribution < -0.4 is 11.5 Å². The Labute approximate surface area is 190 Å². The van der Waals surface area contributed by atoms with Crippen molar-refractivity contribution in [2.45, 2.75) is 39.5 Å². The van der Waals surface area contributed by atoms with Crippen LogP contribution in [0.1, 0.15) is 60.2 Å². The van der Waals surface area contributed by atoms with E-state index in [2.05, 4.69) is 13.8 Å². The molecular formula is C24H27N3O2S2. The fourth-order valence-corrected chi connectivity index (χ4v) is 5.85. The number of nitrogen functional groups attached to an aromatic ring is 2. The third-order valence-electron chi connectivity index (χ3n) is 6.02. The van der Waals surface area contributed by atoms with Gasteiger partial charge in [0.15, 0.2) is 0 Å². The summed E-state index contributed by atoms with van der Waals surface area (Å²) in [6, 6.07) is 7.65. The van der Waals surface area contributed by atoms with Crippen LogP contribution in [-0.2, 0) is 0 Å². The number of imide groups is 1. The number of thiophene rings is 2. The molecule has 7 heteroatoms. The number of rotatable bonds is 8. The van der Waals surface area contributed by atoms with Crippen molar-refractivity contribution < 1.29 is 9.59 Å². The molecule has 4 N–H and O–H groups in total. The van der Waals surface area contributed by atoms with Gasteiger partial charge in [0.1, 0.15) is 0 Å². The van der Waals surface area contributed by atoms with E-state index in [1.807, 2.05) is 35.0 Å². The number of fused-ring (bicyclic) bond motifs is 1. The van der Waals surface area contributed by atoms with Crippen LogP contribution in [0.25, 0.3) is 20.9 Å². The summed E-state index contributed by atoms with van der Waals surface area (Å²) < 4.78 is 0. The lowest BCUT2D eigenvalue weighted by Gasteiger charge is -2.21. The van der Waals surface area contributed by atoms with E-state index in [0.717, 1.165) is 35.4 Å². The summed E-state index contributed by atoms with van der Waals surface area (Å²) >= 11 is 2.97. The molecule has 5 nitrogen and oxygen atoms in total. The Kier molecular flexibility index (Phi) is 6.16. The normalized spacial score (nSPS) is 14.3. The smallest absolute Gasteiger partial charge is 0.262 e. The van der Waals surface area contributed by atoms with Gasteiger partial charge in [0.25, 0.3) is 11.8 Å². The minimum absolute atomic E-state index is 0.261. The van der Waals surface area contributed by atoms with Gasteiger partial charge in [-0.2, -0.15) is 0 Å². The zero-order valence-corrected chi connectivity index (χ0v) is 19.4. The first-order valence-electron chi connectivity index (χ1n) is 10.7. The van der Waals surface area contributed by atoms with Crippen molar-refractivity contribution in [2.75, 3.05) is 18.0 Å². The van der Waals surface area contributed by atoms with Crippen LogP contribution in [0.15, 0.2) is 35.0 Å². The lowest BCUT2D eigenvalue weighted by atomic mass is 9.92. The molecular weight excluding hydrogens is 426 g/mol. The van der Waals surface area contributed by atoms with Gasteiger partial charge in [0.2, 0.25) is 0 Å². The summed E-state index contributed by atoms with van der Waals surface area (Å²) in [5.41, 5.74) is 15.7. The van der Waals surface area contributed by atoms with Crippen LogP contribution in [0.5, 0.6) is 0 Å². The molecule has 1 atom stereocenters. The quantitative estimate of drug-likeness (QED) is 0.317. The number of amides is 2. The van der Waals surface area contributed by atoms with E-state index in [1.54, 1.807) is 0 Å². The maximum absolute atomic E-state index is 13.7. The summed E-state index contributed by atoms with van der Waals surface area (Å²) in [7, 11) is 0. The maximum atomic E-state index is 13.7. The predicted molar refractivity (Wildman–Crippen MR) is 131 cm³/mol. The van der Waals surface area contributed by atoms with Crippen LogP contribution in [0, 0.1) is 5.92 Å². The standard InChI is InChI=1S/C24H27N3O2S2/c1-3-5-8-14(4-2)13-27-23(28)19-17(15-9-6-11-30-15)21(25)22(26)18(20(19)24(27)29)16-10-7-12-31-16/h6-7,9-12,14H,3-5,8,13,25-26H2,1-2H3. The highest BCUT2D eigenvalue weighted by atomic mass is 32.1. The molecule has 3 heterocycles. The molecule has 0 aliphatic carbocycles. The van der Waals surface area contributed by atoms with E-state index >= 15 is 0 Å². The fourth-order valence-electron chi connectivity index (χ4n) is 4.27. The van der Waals surface area contributed by atoms with Gasteiger partial charge in [0, 0.05) is 27.4 Å². The lowest BCUT2D eigenvalue weighted by Crippen LogP contribution is -2.34. The lowest BCUT2D eigenvalue weighted by molar-refractivity contribution is 0.0625. The highest BCUT2D eigenvalue weighted by Gasteiger charge is 2.43. The van der Waals surface area contributed by atoms with Crippen LogP contribution in [0.3, 0.4) is 0 Å². The van der Waals surface area contributed by atoms with Gasteiger partial charge in [-0.3, -0.25) is 14.5 Å². The molecule has 0 spiro atoms. The molecule has 2 amide bonds. The van der Waals surface area contributed by atoms with Gasteiger partial charge in [0.05, 0.1) is 22.5 Å². The van der Waals surface area contributed by atoms with Crippen LogP contribution in [-0.4, -0.2) is 23.3 Å². The second-order valence-electron chi connectivity index (χ2n) is 7.92. The summed E-state index contributed by atoms with van der Waals surface area (Å²) in [5, 5.41) is 3.86. The predicted octanol–water partition coefficient (Wildman–Crippen LogP) is 6.12. The van der Waals surface area contributed by atoms with E-state index in [4.69, 9.17) is 11.5 Å². The topological polar surface area (TPSA) is 89.4 Å². The Morgan fingerprint density at radius 1 is 0.871 bits per heavy atom. The Morgan fingerprint density at radius 2 is 1.39 bits per heavy atom. The van der Waals surface area contributed by atoms with E-state index in [-0.39, 0.29) is 17.7 Å². The monoisotopic (exact) mass is 453 g/mol. The van der Waals surface area contributed by atoms with Crippen molar-refractivity contribution in [3.63, 3.8) is 0 Å². The second kappa shape index (κ2) is 8.85. The van der Waals surface area contributed by atoms with Crippen LogP contribution in [0.2, 0.25) is 0 Å². The summed E-state index contributed by atoms with van der Waals surface area (Å²) in [4.78, 5) is 30.4. The molecule has 1 aliphatic rings. The van der Waals surface area contributed by atoms with Gasteiger partial charge in [-0.05, 0) is 35.2 Å². The number of anilines is 2. The largest absolute Gasteiger partial charge is 0.396 e. The first-order chi connectivity index (χ1) is 15.0. The fraction of sp³-hybridized carbons (Fsp3) is 0.333. The molecule has 0 fully saturated rings. The molecule has 3 aromatic rings. The highest BCUT2D eigenvalue weighted by Crippen LogP contribution is 2.49. The highest BCUT2D eigenvalue weighted by molar-refractivity contribution is 7.14. The average molecular weight is 454 g/mol. The molecule has 162 valence electrons. The maximum Gasteiger partial charge on any atom is 0.262 e. The van der Waals surface area contributed by atoms with Gasteiger partial charge >= 0.3 is 0 Å². The minimum Gasteiger partial charge on any atom is -0.396 e. The van der Waals surface area contributed by atoms with Crippen molar-refractivity contribution >= 4 is 45.9 Å². The van der Waals surface area contributed by atoms with E-state index in [0.29, 0.717) is 40.2 Å². The van der Waals surface area contributed by atoms with Crippen LogP contribution in [0.4, 0.5) is 11.4 Å². The Bertz CT molecular complexity index is 1030. The number of nitrogens with two attached hydrogens (primary N) is 2. The number of carbonyl (C=O) groups excluding carboxylic acids is 2. The molecule has 0 saturated carbocycles. The van der Waals surface area contributed by atoms with Crippen LogP contribution >= 0.6 is 22.7 Å². The molecule has 0 saturated heterocycles. The minimum atomic E-state index is -0.261. The first-order valence-corrected chi connectivity index (χ1v) is 12.4. The van der Waals surface area contributed by atoms with Crippen molar-refractivity contribution in [1.82, 2.24) is 4.90 Å². The molecule has 1 aliphatic heterocycles. The molecule has 2 aromatic heterocycles. The zero-order valence-electron chi connectivity index (χ0n) is 17.8. The van der Waals surface area contributed by atoms with Gasteiger partial charge < -0.3 is 11.5 Å². The van der Waals surface area contributed by atoms with Gasteiger partial charge in [-0.25, -0.2) is 0 Å². The molecule has 0 radical (unpaired) electrons. The second-order valence-corrected chi connectivity index (χ2v) is 9.81. The Balaban J connectivity index is 1.90. The van der Waals surface area contributed by atoms with Gasteiger partial charge in [-0.15, -0.1) is 22.7 Å². The van der Waals surface area contributed by atoms with Crippen molar-refractivity contribution in [1.29, 1.82) is 0 Å². The third kappa shape index (κ3) is 3.66. The average Bonchev–Trinajstić information content (AvgIpc) is 3.52. The molecule has 1 unspecified atom stereocenters. The van der Waals surface area contributed by atoms with Crippen molar-refractivity contribution in [3.8, 4) is 20.9 Å². The number of nitrogens with zero attached hydrogens (tertiary/aromatic N) is 1. The van der Waals surface area contributed by atoms with E-state index in [9.17, 15) is 9.59 Å². The summed E-state index contributed by atoms with van der Waals surface area (Å²) in [6.07, 6.45) is 4.10. The number of benzene rings is 1. The molecule has 31 heavy (non-hydrogen) atoms. The summed E-state index contributed by atoms with van der Waals surface area (Å²) in [6.45, 7) is 4.69. The molecule has 0 bridgehead atoms. The van der Waals surface area contributed by atoms with Crippen molar-refractivity contribution in [2.24, 2.45) is 5.92 Å². The Morgan fingerprint density at radius 3 is 1.77 bits per heavy atom. The molecule has 4 rings (SSSR count). The number of hydrogen-bond acceptors (Lipinski definition) is 6. The number of unbranched alkanes of at least 4 members (excludes halogenated alkanes) is 1. The summed E-state index contributed by atoms with van der Waals surface area (Å²) in [5.74, 6) is -0.238. The van der Waals surface area contributed by atoms with E-state index < -0.39 is 0 Å². The third-order valence-corrected chi connectivity index (χ3v) is 7.79. The zero-order chi connectivity index (χ0) is 22.1. The molecule has 1 aromatic carbocycles. The SMILES string of the molecule is CCCCC(CC)CN1C(=O)c2c(c(-c3cccs3)c(N)c(N)c2-c2cccs2)C1=O. The van der Waals surface area contributed by atoms with Gasteiger partial charge in [-0.1, -0.05) is 45.2 Å². The van der Waals surface area contributed by atoms with E-state index in [1.165, 1.54) is 27.6 Å². The first kappa shape index (κ1) is 21.6. The van der Waals surface area contributed by atoms with Crippen molar-refractivity contribution in [3.05, 3.63) is 46.2 Å².